The van der Waals surface area contributed by atoms with Gasteiger partial charge < -0.3 is 19.5 Å². The number of ether oxygens (including phenoxy) is 3. The third kappa shape index (κ3) is 5.75. The zero-order valence-corrected chi connectivity index (χ0v) is 18.8. The third-order valence-corrected chi connectivity index (χ3v) is 7.51. The predicted molar refractivity (Wildman–Crippen MR) is 112 cm³/mol. The van der Waals surface area contributed by atoms with Gasteiger partial charge in [-0.1, -0.05) is 19.3 Å². The van der Waals surface area contributed by atoms with E-state index in [0.29, 0.717) is 13.2 Å². The first kappa shape index (κ1) is 23.5. The molecule has 31 heavy (non-hydrogen) atoms. The first-order valence-electron chi connectivity index (χ1n) is 10.6. The number of esters is 1. The van der Waals surface area contributed by atoms with Crippen molar-refractivity contribution in [1.29, 1.82) is 0 Å². The summed E-state index contributed by atoms with van der Waals surface area (Å²) < 4.78 is 43.2. The molecule has 1 aliphatic carbocycles. The second-order valence-corrected chi connectivity index (χ2v) is 9.68. The minimum Gasteiger partial charge on any atom is -0.495 e. The van der Waals surface area contributed by atoms with Crippen molar-refractivity contribution >= 4 is 21.9 Å². The maximum absolute atomic E-state index is 13.1. The Balaban J connectivity index is 1.72. The van der Waals surface area contributed by atoms with Crippen LogP contribution in [0.15, 0.2) is 23.1 Å². The number of methoxy groups -OCH3 is 1. The number of sulfonamides is 1. The number of hydrogen-bond acceptors (Lipinski definition) is 7. The van der Waals surface area contributed by atoms with Crippen LogP contribution in [0.4, 0.5) is 0 Å². The second-order valence-electron chi connectivity index (χ2n) is 7.77. The Labute approximate surface area is 183 Å². The van der Waals surface area contributed by atoms with Crippen molar-refractivity contribution in [3.63, 3.8) is 0 Å². The van der Waals surface area contributed by atoms with Crippen LogP contribution in [0, 0.1) is 0 Å². The molecule has 9 nitrogen and oxygen atoms in total. The number of benzene rings is 1. The molecule has 3 rings (SSSR count). The Hall–Kier alpha value is -2.17. The smallest absolute Gasteiger partial charge is 0.338 e. The topological polar surface area (TPSA) is 111 Å². The zero-order chi connectivity index (χ0) is 22.4. The molecule has 0 radical (unpaired) electrons. The summed E-state index contributed by atoms with van der Waals surface area (Å²) in [6.07, 6.45) is 4.18. The molecule has 1 atom stereocenters. The molecular formula is C21H30N2O7S. The van der Waals surface area contributed by atoms with E-state index in [2.05, 4.69) is 5.32 Å². The largest absolute Gasteiger partial charge is 0.495 e. The zero-order valence-electron chi connectivity index (χ0n) is 18.0. The van der Waals surface area contributed by atoms with Crippen molar-refractivity contribution in [1.82, 2.24) is 9.62 Å². The molecule has 1 amide bonds. The van der Waals surface area contributed by atoms with Gasteiger partial charge in [0, 0.05) is 19.1 Å². The number of carbonyl (C=O) groups excluding carboxylic acids is 2. The Kier molecular flexibility index (Phi) is 7.90. The third-order valence-electron chi connectivity index (χ3n) is 5.59. The van der Waals surface area contributed by atoms with Crippen LogP contribution < -0.4 is 10.1 Å². The van der Waals surface area contributed by atoms with E-state index in [1.54, 1.807) is 0 Å². The molecule has 1 heterocycles. The molecule has 1 aromatic carbocycles. The maximum atomic E-state index is 13.1. The first-order chi connectivity index (χ1) is 14.8. The second kappa shape index (κ2) is 10.4. The average molecular weight is 455 g/mol. The van der Waals surface area contributed by atoms with Crippen LogP contribution in [0.2, 0.25) is 0 Å². The molecule has 2 fully saturated rings. The minimum atomic E-state index is -3.88. The fourth-order valence-corrected chi connectivity index (χ4v) is 5.37. The van der Waals surface area contributed by atoms with E-state index in [0.717, 1.165) is 25.7 Å². The number of hydrogen-bond donors (Lipinski definition) is 1. The van der Waals surface area contributed by atoms with Gasteiger partial charge in [-0.05, 0) is 38.0 Å². The lowest BCUT2D eigenvalue weighted by molar-refractivity contribution is -0.130. The van der Waals surface area contributed by atoms with Gasteiger partial charge in [0.2, 0.25) is 10.0 Å². The highest BCUT2D eigenvalue weighted by Gasteiger charge is 2.31. The standard InChI is InChI=1S/C21H30N2O7S/c1-15(20(24)22-17-6-4-3-5-7-17)30-21(25)16-8-9-18(28-2)19(14-16)31(26,27)23-10-12-29-13-11-23/h8-9,14-15,17H,3-7,10-13H2,1-2H3,(H,22,24). The highest BCUT2D eigenvalue weighted by Crippen LogP contribution is 2.29. The van der Waals surface area contributed by atoms with E-state index in [4.69, 9.17) is 14.2 Å². The van der Waals surface area contributed by atoms with Crippen LogP contribution in [-0.4, -0.2) is 70.2 Å². The fourth-order valence-electron chi connectivity index (χ4n) is 3.78. The first-order valence-corrected chi connectivity index (χ1v) is 12.0. The molecular weight excluding hydrogens is 424 g/mol. The van der Waals surface area contributed by atoms with Crippen molar-refractivity contribution in [2.45, 2.75) is 56.1 Å². The quantitative estimate of drug-likeness (QED) is 0.624. The van der Waals surface area contributed by atoms with Gasteiger partial charge in [0.05, 0.1) is 25.9 Å². The number of rotatable bonds is 7. The molecule has 1 aliphatic heterocycles. The van der Waals surface area contributed by atoms with E-state index in [9.17, 15) is 18.0 Å². The summed E-state index contributed by atoms with van der Waals surface area (Å²) >= 11 is 0. The van der Waals surface area contributed by atoms with E-state index in [-0.39, 0.29) is 41.2 Å². The molecule has 1 saturated heterocycles. The molecule has 0 bridgehead atoms. The molecule has 0 aromatic heterocycles. The molecule has 1 unspecified atom stereocenters. The molecule has 0 spiro atoms. The lowest BCUT2D eigenvalue weighted by Gasteiger charge is -2.27. The Morgan fingerprint density at radius 2 is 1.84 bits per heavy atom. The van der Waals surface area contributed by atoms with Gasteiger partial charge >= 0.3 is 5.97 Å². The number of carbonyl (C=O) groups is 2. The highest BCUT2D eigenvalue weighted by atomic mass is 32.2. The van der Waals surface area contributed by atoms with Crippen LogP contribution in [0.3, 0.4) is 0 Å². The van der Waals surface area contributed by atoms with Crippen LogP contribution in [0.5, 0.6) is 5.75 Å². The van der Waals surface area contributed by atoms with E-state index in [1.807, 2.05) is 0 Å². The summed E-state index contributed by atoms with van der Waals surface area (Å²) in [5.74, 6) is -0.992. The summed E-state index contributed by atoms with van der Waals surface area (Å²) in [6.45, 7) is 2.55. The molecule has 1 N–H and O–H groups in total. The summed E-state index contributed by atoms with van der Waals surface area (Å²) in [6, 6.07) is 4.17. The number of amides is 1. The summed E-state index contributed by atoms with van der Waals surface area (Å²) in [7, 11) is -2.52. The molecule has 10 heteroatoms. The van der Waals surface area contributed by atoms with Crippen LogP contribution >= 0.6 is 0 Å². The van der Waals surface area contributed by atoms with Crippen molar-refractivity contribution in [3.8, 4) is 5.75 Å². The molecule has 1 saturated carbocycles. The van der Waals surface area contributed by atoms with Gasteiger partial charge in [-0.3, -0.25) is 4.79 Å². The van der Waals surface area contributed by atoms with Gasteiger partial charge in [-0.25, -0.2) is 13.2 Å². The van der Waals surface area contributed by atoms with Crippen molar-refractivity contribution in [2.75, 3.05) is 33.4 Å². The Morgan fingerprint density at radius 1 is 1.16 bits per heavy atom. The number of nitrogens with one attached hydrogen (secondary N) is 1. The van der Waals surface area contributed by atoms with E-state index >= 15 is 0 Å². The van der Waals surface area contributed by atoms with Crippen LogP contribution in [0.25, 0.3) is 0 Å². The monoisotopic (exact) mass is 454 g/mol. The molecule has 1 aromatic rings. The fraction of sp³-hybridized carbons (Fsp3) is 0.619. The summed E-state index contributed by atoms with van der Waals surface area (Å²) in [4.78, 5) is 24.9. The van der Waals surface area contributed by atoms with Gasteiger partial charge in [0.15, 0.2) is 6.10 Å². The van der Waals surface area contributed by atoms with Crippen LogP contribution in [-0.2, 0) is 24.3 Å². The van der Waals surface area contributed by atoms with Gasteiger partial charge in [-0.2, -0.15) is 4.31 Å². The van der Waals surface area contributed by atoms with E-state index < -0.39 is 22.1 Å². The van der Waals surface area contributed by atoms with Gasteiger partial charge in [0.1, 0.15) is 10.6 Å². The van der Waals surface area contributed by atoms with Crippen molar-refractivity contribution < 1.29 is 32.2 Å². The Bertz CT molecular complexity index is 891. The maximum Gasteiger partial charge on any atom is 0.338 e. The average Bonchev–Trinajstić information content (AvgIpc) is 2.79. The molecule has 2 aliphatic rings. The SMILES string of the molecule is COc1ccc(C(=O)OC(C)C(=O)NC2CCCCC2)cc1S(=O)(=O)N1CCOCC1. The minimum absolute atomic E-state index is 0.0324. The lowest BCUT2D eigenvalue weighted by Crippen LogP contribution is -2.42. The lowest BCUT2D eigenvalue weighted by atomic mass is 9.95. The summed E-state index contributed by atoms with van der Waals surface area (Å²) in [5, 5.41) is 2.92. The van der Waals surface area contributed by atoms with Crippen molar-refractivity contribution in [3.05, 3.63) is 23.8 Å². The Morgan fingerprint density at radius 3 is 2.48 bits per heavy atom. The summed E-state index contributed by atoms with van der Waals surface area (Å²) in [5.41, 5.74) is 0.0324. The van der Waals surface area contributed by atoms with Gasteiger partial charge in [0.25, 0.3) is 5.91 Å². The number of nitrogens with zero attached hydrogens (tertiary/aromatic N) is 1. The predicted octanol–water partition coefficient (Wildman–Crippen LogP) is 1.71. The highest BCUT2D eigenvalue weighted by molar-refractivity contribution is 7.89. The van der Waals surface area contributed by atoms with E-state index in [1.165, 1.54) is 43.0 Å². The molecule has 172 valence electrons. The van der Waals surface area contributed by atoms with Crippen LogP contribution in [0.1, 0.15) is 49.4 Å². The normalized spacial score (nSPS) is 19.4. The number of morpholine rings is 1. The van der Waals surface area contributed by atoms with Gasteiger partial charge in [-0.15, -0.1) is 0 Å². The van der Waals surface area contributed by atoms with Crippen molar-refractivity contribution in [2.24, 2.45) is 0 Å².